The van der Waals surface area contributed by atoms with Crippen LogP contribution < -0.4 is 0 Å². The number of fused-ring (bicyclic) bond motifs is 12. The van der Waals surface area contributed by atoms with Crippen LogP contribution in [0.1, 0.15) is 0 Å². The number of pyridine rings is 2. The second-order valence-corrected chi connectivity index (χ2v) is 11.7. The van der Waals surface area contributed by atoms with Crippen molar-refractivity contribution in [2.24, 2.45) is 0 Å². The molecule has 0 amide bonds. The molecule has 0 atom stereocenters. The molecule has 0 N–H and O–H groups in total. The summed E-state index contributed by atoms with van der Waals surface area (Å²) in [6.07, 6.45) is 3.53. The highest BCUT2D eigenvalue weighted by atomic mass is 15.2. The summed E-state index contributed by atoms with van der Waals surface area (Å²) in [6, 6.07) is 40.9. The van der Waals surface area contributed by atoms with Crippen LogP contribution in [0.5, 0.6) is 0 Å². The van der Waals surface area contributed by atoms with Gasteiger partial charge in [-0.05, 0) is 56.9 Å². The van der Waals surface area contributed by atoms with Crippen LogP contribution in [0.2, 0.25) is 0 Å². The Bertz CT molecular complexity index is 2650. The smallest absolute Gasteiger partial charge is 0.201 e. The van der Waals surface area contributed by atoms with Gasteiger partial charge in [-0.2, -0.15) is 0 Å². The van der Waals surface area contributed by atoms with Crippen molar-refractivity contribution in [3.63, 3.8) is 0 Å². The minimum atomic E-state index is 0.459. The van der Waals surface area contributed by atoms with Crippen molar-refractivity contribution in [2.75, 3.05) is 0 Å². The maximum atomic E-state index is 5.02. The fourth-order valence-electron chi connectivity index (χ4n) is 6.77. The molecule has 0 aliphatic carbocycles. The molecule has 8 heteroatoms. The summed E-state index contributed by atoms with van der Waals surface area (Å²) in [6.45, 7) is 0. The summed E-state index contributed by atoms with van der Waals surface area (Å²) < 4.78 is 0. The summed E-state index contributed by atoms with van der Waals surface area (Å²) in [5.74, 6) is 0.917. The summed E-state index contributed by atoms with van der Waals surface area (Å²) in [4.78, 5) is 19.3. The monoisotopic (exact) mass is 614 g/mol. The van der Waals surface area contributed by atoms with E-state index in [2.05, 4.69) is 78.9 Å². The van der Waals surface area contributed by atoms with Crippen molar-refractivity contribution in [3.8, 4) is 34.2 Å². The van der Waals surface area contributed by atoms with E-state index in [0.717, 1.165) is 76.3 Å². The molecule has 0 saturated heterocycles. The summed E-state index contributed by atoms with van der Waals surface area (Å²) >= 11 is 0. The zero-order valence-corrected chi connectivity index (χ0v) is 25.3. The fraction of sp³-hybridized carbons (Fsp3) is 0. The molecule has 0 fully saturated rings. The number of rotatable bonds is 3. The second kappa shape index (κ2) is 10.4. The molecule has 8 nitrogen and oxygen atoms in total. The Labute approximate surface area is 272 Å². The maximum Gasteiger partial charge on any atom is 0.201 e. The van der Waals surface area contributed by atoms with Crippen molar-refractivity contribution < 1.29 is 0 Å². The molecular weight excluding hydrogens is 592 g/mol. The minimum Gasteiger partial charge on any atom is -0.253 e. The molecular formula is C40H22N8. The third-order valence-electron chi connectivity index (χ3n) is 8.99. The number of benzene rings is 6. The maximum absolute atomic E-state index is 5.02. The van der Waals surface area contributed by atoms with E-state index in [-0.39, 0.29) is 0 Å². The van der Waals surface area contributed by atoms with Crippen LogP contribution in [0, 0.1) is 0 Å². The quantitative estimate of drug-likeness (QED) is 0.182. The van der Waals surface area contributed by atoms with Gasteiger partial charge in [-0.25, -0.2) is 9.97 Å². The fourth-order valence-corrected chi connectivity index (χ4v) is 6.77. The zero-order valence-electron chi connectivity index (χ0n) is 25.3. The standard InChI is InChI=1S/C40H22N8/c1-5-13-29-25(9-1)27-11-3-7-15-31(27)37-35(29)43-39(47-45-37)33-21-23(17-19-41-33)24-18-20-42-34(22-24)40-44-36-30-14-6-2-10-26(30)28-12-4-8-16-32(28)38(36)46-48-40/h1-22H. The predicted molar refractivity (Wildman–Crippen MR) is 190 cm³/mol. The van der Waals surface area contributed by atoms with Crippen molar-refractivity contribution in [3.05, 3.63) is 134 Å². The lowest BCUT2D eigenvalue weighted by Crippen LogP contribution is -1.99. The molecule has 4 aromatic heterocycles. The van der Waals surface area contributed by atoms with E-state index in [1.54, 1.807) is 12.4 Å². The minimum absolute atomic E-state index is 0.459. The Balaban J connectivity index is 1.08. The Hall–Kier alpha value is -6.80. The third-order valence-corrected chi connectivity index (χ3v) is 8.99. The molecule has 0 unspecified atom stereocenters. The first kappa shape index (κ1) is 26.4. The van der Waals surface area contributed by atoms with E-state index >= 15 is 0 Å². The van der Waals surface area contributed by atoms with Gasteiger partial charge in [-0.3, -0.25) is 9.97 Å². The van der Waals surface area contributed by atoms with Gasteiger partial charge in [0.05, 0.1) is 0 Å². The van der Waals surface area contributed by atoms with E-state index in [1.165, 1.54) is 0 Å². The van der Waals surface area contributed by atoms with Crippen LogP contribution >= 0.6 is 0 Å². The predicted octanol–water partition coefficient (Wildman–Crippen LogP) is 8.77. The number of nitrogens with zero attached hydrogens (tertiary/aromatic N) is 8. The van der Waals surface area contributed by atoms with Gasteiger partial charge in [0.25, 0.3) is 0 Å². The van der Waals surface area contributed by atoms with Crippen molar-refractivity contribution in [1.29, 1.82) is 0 Å². The van der Waals surface area contributed by atoms with E-state index in [1.807, 2.05) is 72.8 Å². The zero-order chi connectivity index (χ0) is 31.6. The van der Waals surface area contributed by atoms with E-state index in [4.69, 9.17) is 9.97 Å². The first-order valence-electron chi connectivity index (χ1n) is 15.6. The van der Waals surface area contributed by atoms with Gasteiger partial charge in [-0.15, -0.1) is 20.4 Å². The topological polar surface area (TPSA) is 103 Å². The Morgan fingerprint density at radius 2 is 0.646 bits per heavy atom. The largest absolute Gasteiger partial charge is 0.253 e. The van der Waals surface area contributed by atoms with Crippen molar-refractivity contribution in [1.82, 2.24) is 40.3 Å². The van der Waals surface area contributed by atoms with E-state index in [9.17, 15) is 0 Å². The van der Waals surface area contributed by atoms with Crippen LogP contribution in [-0.2, 0) is 0 Å². The molecule has 0 aliphatic heterocycles. The van der Waals surface area contributed by atoms with Gasteiger partial charge in [-0.1, -0.05) is 97.1 Å². The molecule has 4 heterocycles. The van der Waals surface area contributed by atoms with Gasteiger partial charge >= 0.3 is 0 Å². The SMILES string of the molecule is c1ccc2c(c1)c1ccccc1c1nc(-c3cc(-c4ccnc(-c5nnc6c7ccccc7c7ccccc7c6n5)c4)ccn3)nnc21. The van der Waals surface area contributed by atoms with Crippen molar-refractivity contribution >= 4 is 65.2 Å². The van der Waals surface area contributed by atoms with Crippen LogP contribution in [0.25, 0.3) is 99.3 Å². The molecule has 6 aromatic carbocycles. The normalized spacial score (nSPS) is 11.8. The lowest BCUT2D eigenvalue weighted by Gasteiger charge is -2.10. The second-order valence-electron chi connectivity index (χ2n) is 11.7. The van der Waals surface area contributed by atoms with Gasteiger partial charge in [0.1, 0.15) is 33.5 Å². The van der Waals surface area contributed by atoms with Crippen molar-refractivity contribution in [2.45, 2.75) is 0 Å². The summed E-state index contributed by atoms with van der Waals surface area (Å²) in [7, 11) is 0. The molecule has 222 valence electrons. The molecule has 0 aliphatic rings. The van der Waals surface area contributed by atoms with E-state index < -0.39 is 0 Å². The van der Waals surface area contributed by atoms with Gasteiger partial charge in [0.15, 0.2) is 0 Å². The lowest BCUT2D eigenvalue weighted by molar-refractivity contribution is 1.02. The Morgan fingerprint density at radius 3 is 1.02 bits per heavy atom. The van der Waals surface area contributed by atoms with Gasteiger partial charge in [0, 0.05) is 33.9 Å². The highest BCUT2D eigenvalue weighted by Gasteiger charge is 2.16. The molecule has 0 bridgehead atoms. The van der Waals surface area contributed by atoms with Gasteiger partial charge < -0.3 is 0 Å². The van der Waals surface area contributed by atoms with Crippen LogP contribution in [-0.4, -0.2) is 40.3 Å². The molecule has 0 spiro atoms. The van der Waals surface area contributed by atoms with Crippen LogP contribution in [0.4, 0.5) is 0 Å². The molecule has 0 saturated carbocycles. The Kier molecular flexibility index (Phi) is 5.71. The molecule has 10 aromatic rings. The average molecular weight is 615 g/mol. The van der Waals surface area contributed by atoms with E-state index in [0.29, 0.717) is 23.0 Å². The average Bonchev–Trinajstić information content (AvgIpc) is 3.18. The third kappa shape index (κ3) is 4.03. The summed E-state index contributed by atoms with van der Waals surface area (Å²) in [5.41, 5.74) is 6.25. The van der Waals surface area contributed by atoms with Crippen LogP contribution in [0.3, 0.4) is 0 Å². The lowest BCUT2D eigenvalue weighted by atomic mass is 10.00. The van der Waals surface area contributed by atoms with Crippen LogP contribution in [0.15, 0.2) is 134 Å². The number of hydrogen-bond acceptors (Lipinski definition) is 8. The molecule has 0 radical (unpaired) electrons. The highest BCUT2D eigenvalue weighted by molar-refractivity contribution is 6.24. The number of aromatic nitrogens is 8. The summed E-state index contributed by atoms with van der Waals surface area (Å²) in [5, 5.41) is 27.1. The van der Waals surface area contributed by atoms with Gasteiger partial charge in [0.2, 0.25) is 11.6 Å². The number of hydrogen-bond donors (Lipinski definition) is 0. The Morgan fingerprint density at radius 1 is 0.312 bits per heavy atom. The molecule has 10 rings (SSSR count). The molecule has 48 heavy (non-hydrogen) atoms. The first-order valence-corrected chi connectivity index (χ1v) is 15.6. The highest BCUT2D eigenvalue weighted by Crippen LogP contribution is 2.35. The first-order chi connectivity index (χ1) is 23.8.